The fourth-order valence-electron chi connectivity index (χ4n) is 4.95. The van der Waals surface area contributed by atoms with Crippen molar-refractivity contribution in [2.75, 3.05) is 0 Å². The van der Waals surface area contributed by atoms with E-state index in [0.29, 0.717) is 24.2 Å². The molecule has 1 aromatic rings. The van der Waals surface area contributed by atoms with E-state index in [0.717, 1.165) is 75.7 Å². The first-order chi connectivity index (χ1) is 15.5. The lowest BCUT2D eigenvalue weighted by Gasteiger charge is -2.18. The van der Waals surface area contributed by atoms with Crippen molar-refractivity contribution < 1.29 is 9.59 Å². The van der Waals surface area contributed by atoms with Crippen LogP contribution >= 0.6 is 0 Å². The van der Waals surface area contributed by atoms with Crippen LogP contribution in [0, 0.1) is 11.8 Å². The molecule has 0 bridgehead atoms. The van der Waals surface area contributed by atoms with E-state index >= 15 is 0 Å². The molecule has 1 fully saturated rings. The van der Waals surface area contributed by atoms with Crippen LogP contribution < -0.4 is 5.32 Å². The molecular formula is C29H43NO2. The zero-order valence-electron chi connectivity index (χ0n) is 20.3. The summed E-state index contributed by atoms with van der Waals surface area (Å²) in [4.78, 5) is 24.2. The Morgan fingerprint density at radius 1 is 0.938 bits per heavy atom. The van der Waals surface area contributed by atoms with Crippen LogP contribution in [0.5, 0.6) is 0 Å². The molecule has 3 rings (SSSR count). The number of unbranched alkanes of at least 4 members (excludes halogenated alkanes) is 3. The molecule has 1 saturated carbocycles. The number of aryl methyl sites for hydroxylation is 1. The highest BCUT2D eigenvalue weighted by atomic mass is 16.1. The summed E-state index contributed by atoms with van der Waals surface area (Å²) in [6.45, 7) is 4.70. The van der Waals surface area contributed by atoms with Crippen LogP contribution in [0.4, 0.5) is 0 Å². The largest absolute Gasteiger partial charge is 0.353 e. The number of rotatable bonds is 15. The molecule has 1 N–H and O–H groups in total. The van der Waals surface area contributed by atoms with Gasteiger partial charge in [-0.25, -0.2) is 0 Å². The minimum Gasteiger partial charge on any atom is -0.353 e. The number of hydrogen-bond acceptors (Lipinski definition) is 2. The summed E-state index contributed by atoms with van der Waals surface area (Å²) in [6.07, 6.45) is 14.7. The van der Waals surface area contributed by atoms with E-state index in [2.05, 4.69) is 49.5 Å². The van der Waals surface area contributed by atoms with Crippen LogP contribution in [-0.2, 0) is 16.0 Å². The molecule has 1 amide bonds. The third kappa shape index (κ3) is 8.56. The van der Waals surface area contributed by atoms with Gasteiger partial charge in [-0.2, -0.15) is 0 Å². The lowest BCUT2D eigenvalue weighted by Crippen LogP contribution is -2.24. The van der Waals surface area contributed by atoms with Gasteiger partial charge in [-0.3, -0.25) is 9.59 Å². The van der Waals surface area contributed by atoms with Gasteiger partial charge in [-0.1, -0.05) is 69.0 Å². The molecule has 32 heavy (non-hydrogen) atoms. The Bertz CT molecular complexity index is 763. The van der Waals surface area contributed by atoms with Gasteiger partial charge in [0.15, 0.2) is 5.78 Å². The molecule has 176 valence electrons. The molecule has 3 heteroatoms. The van der Waals surface area contributed by atoms with E-state index in [9.17, 15) is 9.59 Å². The first-order valence-electron chi connectivity index (χ1n) is 13.1. The minimum atomic E-state index is 0.218. The Hall–Kier alpha value is -1.90. The SMILES string of the molecule is CC(CCc1ccccc1)CCC(C)C1=C(CCCCCCC(=O)NC2CC2)C(=O)CC1. The molecule has 2 aliphatic carbocycles. The highest BCUT2D eigenvalue weighted by Crippen LogP contribution is 2.35. The summed E-state index contributed by atoms with van der Waals surface area (Å²) < 4.78 is 0. The molecule has 2 aliphatic rings. The Labute approximate surface area is 195 Å². The van der Waals surface area contributed by atoms with Gasteiger partial charge in [0.05, 0.1) is 0 Å². The quantitative estimate of drug-likeness (QED) is 0.302. The molecule has 3 nitrogen and oxygen atoms in total. The lowest BCUT2D eigenvalue weighted by molar-refractivity contribution is -0.121. The predicted octanol–water partition coefficient (Wildman–Crippen LogP) is 6.95. The number of ketones is 1. The average molecular weight is 438 g/mol. The van der Waals surface area contributed by atoms with Gasteiger partial charge in [0.2, 0.25) is 5.91 Å². The molecule has 1 aromatic carbocycles. The van der Waals surface area contributed by atoms with Crippen LogP contribution in [0.25, 0.3) is 0 Å². The Balaban J connectivity index is 1.33. The van der Waals surface area contributed by atoms with E-state index in [-0.39, 0.29) is 5.91 Å². The lowest BCUT2D eigenvalue weighted by atomic mass is 9.87. The van der Waals surface area contributed by atoms with E-state index in [1.54, 1.807) is 0 Å². The van der Waals surface area contributed by atoms with Crippen LogP contribution in [0.3, 0.4) is 0 Å². The van der Waals surface area contributed by atoms with Gasteiger partial charge in [-0.05, 0) is 80.8 Å². The number of carbonyl (C=O) groups excluding carboxylic acids is 2. The van der Waals surface area contributed by atoms with Gasteiger partial charge in [0, 0.05) is 18.9 Å². The second-order valence-electron chi connectivity index (χ2n) is 10.3. The van der Waals surface area contributed by atoms with E-state index in [1.165, 1.54) is 30.4 Å². The molecule has 0 spiro atoms. The zero-order chi connectivity index (χ0) is 22.8. The van der Waals surface area contributed by atoms with Crippen LogP contribution in [-0.4, -0.2) is 17.7 Å². The summed E-state index contributed by atoms with van der Waals surface area (Å²) in [6, 6.07) is 11.2. The smallest absolute Gasteiger partial charge is 0.220 e. The topological polar surface area (TPSA) is 46.2 Å². The maximum absolute atomic E-state index is 12.5. The molecule has 2 unspecified atom stereocenters. The number of carbonyl (C=O) groups is 2. The molecule has 0 heterocycles. The Morgan fingerprint density at radius 3 is 2.44 bits per heavy atom. The Kier molecular flexibility index (Phi) is 10.0. The van der Waals surface area contributed by atoms with Gasteiger partial charge < -0.3 is 5.32 Å². The fourth-order valence-corrected chi connectivity index (χ4v) is 4.95. The normalized spacial score (nSPS) is 18.1. The second kappa shape index (κ2) is 13.0. The highest BCUT2D eigenvalue weighted by molar-refractivity contribution is 5.98. The van der Waals surface area contributed by atoms with Gasteiger partial charge in [0.1, 0.15) is 0 Å². The van der Waals surface area contributed by atoms with Crippen molar-refractivity contribution in [3.8, 4) is 0 Å². The predicted molar refractivity (Wildman–Crippen MR) is 132 cm³/mol. The van der Waals surface area contributed by atoms with Crippen LogP contribution in [0.2, 0.25) is 0 Å². The van der Waals surface area contributed by atoms with Crippen LogP contribution in [0.15, 0.2) is 41.5 Å². The van der Waals surface area contributed by atoms with Crippen molar-refractivity contribution in [1.82, 2.24) is 5.32 Å². The van der Waals surface area contributed by atoms with Crippen molar-refractivity contribution in [3.63, 3.8) is 0 Å². The maximum Gasteiger partial charge on any atom is 0.220 e. The highest BCUT2D eigenvalue weighted by Gasteiger charge is 2.26. The average Bonchev–Trinajstić information content (AvgIpc) is 3.53. The van der Waals surface area contributed by atoms with Crippen molar-refractivity contribution in [2.24, 2.45) is 11.8 Å². The van der Waals surface area contributed by atoms with Crippen LogP contribution in [0.1, 0.15) is 103 Å². The number of hydrogen-bond donors (Lipinski definition) is 1. The summed E-state index contributed by atoms with van der Waals surface area (Å²) in [7, 11) is 0. The number of benzene rings is 1. The van der Waals surface area contributed by atoms with E-state index in [1.807, 2.05) is 0 Å². The van der Waals surface area contributed by atoms with E-state index < -0.39 is 0 Å². The maximum atomic E-state index is 12.5. The standard InChI is InChI=1S/C29H43NO2/c1-22(15-17-24-10-6-5-7-11-24)14-16-23(2)26-20-21-28(31)27(26)12-8-3-4-9-13-29(32)30-25-18-19-25/h5-7,10-11,22-23,25H,3-4,8-9,12-21H2,1-2H3,(H,30,32). The summed E-state index contributed by atoms with van der Waals surface area (Å²) in [5.41, 5.74) is 4.04. The van der Waals surface area contributed by atoms with Gasteiger partial charge in [0.25, 0.3) is 0 Å². The van der Waals surface area contributed by atoms with Crippen molar-refractivity contribution >= 4 is 11.7 Å². The number of nitrogens with one attached hydrogen (secondary N) is 1. The van der Waals surface area contributed by atoms with Crippen molar-refractivity contribution in [1.29, 1.82) is 0 Å². The number of amides is 1. The van der Waals surface area contributed by atoms with Gasteiger partial charge >= 0.3 is 0 Å². The molecule has 0 saturated heterocycles. The zero-order valence-corrected chi connectivity index (χ0v) is 20.3. The number of allylic oxidation sites excluding steroid dienone is 2. The second-order valence-corrected chi connectivity index (χ2v) is 10.3. The molecule has 0 aliphatic heterocycles. The summed E-state index contributed by atoms with van der Waals surface area (Å²) >= 11 is 0. The Morgan fingerprint density at radius 2 is 1.69 bits per heavy atom. The minimum absolute atomic E-state index is 0.218. The third-order valence-electron chi connectivity index (χ3n) is 7.32. The first kappa shape index (κ1) is 24.7. The van der Waals surface area contributed by atoms with Crippen molar-refractivity contribution in [3.05, 3.63) is 47.0 Å². The van der Waals surface area contributed by atoms with Crippen molar-refractivity contribution in [2.45, 2.75) is 110 Å². The fraction of sp³-hybridized carbons (Fsp3) is 0.655. The van der Waals surface area contributed by atoms with E-state index in [4.69, 9.17) is 0 Å². The summed E-state index contributed by atoms with van der Waals surface area (Å²) in [5, 5.41) is 3.06. The summed E-state index contributed by atoms with van der Waals surface area (Å²) in [5.74, 6) is 1.86. The molecular weight excluding hydrogens is 394 g/mol. The monoisotopic (exact) mass is 437 g/mol. The number of Topliss-reactive ketones (excluding diaryl/α,β-unsaturated/α-hetero) is 1. The molecule has 0 aromatic heterocycles. The van der Waals surface area contributed by atoms with Gasteiger partial charge in [-0.15, -0.1) is 0 Å². The molecule has 0 radical (unpaired) electrons. The first-order valence-corrected chi connectivity index (χ1v) is 13.1. The molecule has 2 atom stereocenters. The third-order valence-corrected chi connectivity index (χ3v) is 7.32.